The lowest BCUT2D eigenvalue weighted by atomic mass is 9.76. The molecule has 0 unspecified atom stereocenters. The summed E-state index contributed by atoms with van der Waals surface area (Å²) >= 11 is 0. The van der Waals surface area contributed by atoms with E-state index in [-0.39, 0.29) is 16.1 Å². The number of nitrogens with two attached hydrogens (primary N) is 1. The maximum atomic E-state index is 12.4. The summed E-state index contributed by atoms with van der Waals surface area (Å²) in [5.74, 6) is 0.166. The smallest absolute Gasteiger partial charge is 0.238 e. The second-order valence-corrected chi connectivity index (χ2v) is 8.52. The summed E-state index contributed by atoms with van der Waals surface area (Å²) in [5, 5.41) is 5.14. The van der Waals surface area contributed by atoms with Gasteiger partial charge in [-0.25, -0.2) is 13.6 Å². The third-order valence-electron chi connectivity index (χ3n) is 4.30. The lowest BCUT2D eigenvalue weighted by Gasteiger charge is -2.29. The third kappa shape index (κ3) is 2.84. The van der Waals surface area contributed by atoms with Gasteiger partial charge in [0, 0.05) is 29.1 Å². The number of aromatic nitrogens is 1. The topological polar surface area (TPSA) is 82.2 Å². The highest BCUT2D eigenvalue weighted by molar-refractivity contribution is 7.89. The molecular weight excluding hydrogens is 312 g/mol. The number of carbonyl (C=O) groups excluding carboxylic acids is 1. The average molecular weight is 332 g/mol. The largest absolute Gasteiger partial charge is 0.317 e. The van der Waals surface area contributed by atoms with E-state index in [1.165, 1.54) is 12.1 Å². The quantitative estimate of drug-likeness (QED) is 0.917. The maximum absolute atomic E-state index is 12.4. The molecule has 0 spiro atoms. The van der Waals surface area contributed by atoms with Crippen LogP contribution in [0, 0.1) is 12.3 Å². The van der Waals surface area contributed by atoms with Crippen LogP contribution in [0.3, 0.4) is 0 Å². The van der Waals surface area contributed by atoms with Crippen molar-refractivity contribution in [1.82, 2.24) is 4.57 Å². The SMILES string of the molecule is Cc1cc2c(n1-c1ccc(S(N)(=O)=O)cc1)CC(C)(C)CC2=O. The summed E-state index contributed by atoms with van der Waals surface area (Å²) in [6.45, 7) is 6.13. The molecule has 0 atom stereocenters. The van der Waals surface area contributed by atoms with Crippen molar-refractivity contribution < 1.29 is 13.2 Å². The van der Waals surface area contributed by atoms with Gasteiger partial charge >= 0.3 is 0 Å². The van der Waals surface area contributed by atoms with E-state index in [0.29, 0.717) is 6.42 Å². The molecule has 0 amide bonds. The first-order chi connectivity index (χ1) is 10.6. The fraction of sp³-hybridized carbons (Fsp3) is 0.353. The molecule has 6 heteroatoms. The lowest BCUT2D eigenvalue weighted by molar-refractivity contribution is 0.0911. The normalized spacial score (nSPS) is 17.1. The Morgan fingerprint density at radius 3 is 2.30 bits per heavy atom. The molecule has 0 bridgehead atoms. The Morgan fingerprint density at radius 2 is 1.74 bits per heavy atom. The van der Waals surface area contributed by atoms with Gasteiger partial charge in [-0.2, -0.15) is 0 Å². The van der Waals surface area contributed by atoms with Crippen LogP contribution in [0.1, 0.15) is 42.0 Å². The van der Waals surface area contributed by atoms with Crippen molar-refractivity contribution in [2.24, 2.45) is 10.6 Å². The molecule has 3 rings (SSSR count). The van der Waals surface area contributed by atoms with Gasteiger partial charge < -0.3 is 4.57 Å². The van der Waals surface area contributed by atoms with Gasteiger partial charge in [-0.1, -0.05) is 13.8 Å². The van der Waals surface area contributed by atoms with Crippen LogP contribution in [0.25, 0.3) is 5.69 Å². The summed E-state index contributed by atoms with van der Waals surface area (Å²) in [5.41, 5.74) is 3.49. The van der Waals surface area contributed by atoms with E-state index in [1.54, 1.807) is 12.1 Å². The number of sulfonamides is 1. The maximum Gasteiger partial charge on any atom is 0.238 e. The first-order valence-electron chi connectivity index (χ1n) is 7.46. The molecule has 2 N–H and O–H groups in total. The van der Waals surface area contributed by atoms with Crippen LogP contribution in [0.15, 0.2) is 35.2 Å². The van der Waals surface area contributed by atoms with Crippen molar-refractivity contribution in [2.45, 2.75) is 38.5 Å². The van der Waals surface area contributed by atoms with Crippen LogP contribution in [0.2, 0.25) is 0 Å². The van der Waals surface area contributed by atoms with Gasteiger partial charge in [-0.3, -0.25) is 4.79 Å². The molecule has 1 heterocycles. The highest BCUT2D eigenvalue weighted by atomic mass is 32.2. The first-order valence-corrected chi connectivity index (χ1v) is 9.01. The predicted molar refractivity (Wildman–Crippen MR) is 88.3 cm³/mol. The Labute approximate surface area is 136 Å². The number of rotatable bonds is 2. The molecule has 0 saturated heterocycles. The summed E-state index contributed by atoms with van der Waals surface area (Å²) in [6.07, 6.45) is 1.35. The number of benzene rings is 1. The van der Waals surface area contributed by atoms with Gasteiger partial charge in [0.05, 0.1) is 4.90 Å². The Morgan fingerprint density at radius 1 is 1.13 bits per heavy atom. The molecule has 23 heavy (non-hydrogen) atoms. The van der Waals surface area contributed by atoms with Crippen LogP contribution >= 0.6 is 0 Å². The van der Waals surface area contributed by atoms with Crippen molar-refractivity contribution in [3.05, 3.63) is 47.3 Å². The minimum absolute atomic E-state index is 0.0762. The fourth-order valence-electron chi connectivity index (χ4n) is 3.30. The second kappa shape index (κ2) is 5.04. The molecule has 1 aromatic carbocycles. The van der Waals surface area contributed by atoms with Gasteiger partial charge in [-0.05, 0) is 49.1 Å². The van der Waals surface area contributed by atoms with Crippen molar-refractivity contribution in [2.75, 3.05) is 0 Å². The van der Waals surface area contributed by atoms with E-state index in [9.17, 15) is 13.2 Å². The van der Waals surface area contributed by atoms with E-state index in [0.717, 1.165) is 29.1 Å². The number of hydrogen-bond donors (Lipinski definition) is 1. The summed E-state index contributed by atoms with van der Waals surface area (Å²) in [4.78, 5) is 12.5. The van der Waals surface area contributed by atoms with Gasteiger partial charge in [0.2, 0.25) is 10.0 Å². The number of ketones is 1. The fourth-order valence-corrected chi connectivity index (χ4v) is 3.81. The van der Waals surface area contributed by atoms with Crippen molar-refractivity contribution in [3.63, 3.8) is 0 Å². The predicted octanol–water partition coefficient (Wildman–Crippen LogP) is 2.59. The summed E-state index contributed by atoms with van der Waals surface area (Å²) in [7, 11) is -3.71. The minimum atomic E-state index is -3.71. The molecule has 0 radical (unpaired) electrons. The Bertz CT molecular complexity index is 891. The number of fused-ring (bicyclic) bond motifs is 1. The van der Waals surface area contributed by atoms with Gasteiger partial charge in [-0.15, -0.1) is 0 Å². The highest BCUT2D eigenvalue weighted by Crippen LogP contribution is 2.37. The molecular formula is C17H20N2O3S. The minimum Gasteiger partial charge on any atom is -0.317 e. The Hall–Kier alpha value is -1.92. The Kier molecular flexibility index (Phi) is 3.50. The average Bonchev–Trinajstić information content (AvgIpc) is 2.73. The van der Waals surface area contributed by atoms with E-state index in [4.69, 9.17) is 5.14 Å². The zero-order valence-electron chi connectivity index (χ0n) is 13.5. The number of Topliss-reactive ketones (excluding diaryl/α,β-unsaturated/α-hetero) is 1. The van der Waals surface area contributed by atoms with Crippen molar-refractivity contribution >= 4 is 15.8 Å². The van der Waals surface area contributed by atoms with E-state index in [2.05, 4.69) is 13.8 Å². The lowest BCUT2D eigenvalue weighted by Crippen LogP contribution is -2.27. The van der Waals surface area contributed by atoms with Crippen LogP contribution in [-0.2, 0) is 16.4 Å². The van der Waals surface area contributed by atoms with E-state index < -0.39 is 10.0 Å². The van der Waals surface area contributed by atoms with Crippen molar-refractivity contribution in [3.8, 4) is 5.69 Å². The molecule has 122 valence electrons. The second-order valence-electron chi connectivity index (χ2n) is 6.96. The van der Waals surface area contributed by atoms with Crippen LogP contribution in [-0.4, -0.2) is 18.8 Å². The molecule has 0 saturated carbocycles. The zero-order chi connectivity index (χ0) is 17.0. The van der Waals surface area contributed by atoms with Crippen molar-refractivity contribution in [1.29, 1.82) is 0 Å². The molecule has 0 fully saturated rings. The van der Waals surface area contributed by atoms with Gasteiger partial charge in [0.1, 0.15) is 0 Å². The number of aryl methyl sites for hydroxylation is 1. The molecule has 5 nitrogen and oxygen atoms in total. The van der Waals surface area contributed by atoms with E-state index in [1.807, 2.05) is 17.6 Å². The standard InChI is InChI=1S/C17H20N2O3S/c1-11-8-14-15(9-17(2,3)10-16(14)20)19(11)12-4-6-13(7-5-12)23(18,21)22/h4-8H,9-10H2,1-3H3,(H2,18,21,22). The monoisotopic (exact) mass is 332 g/mol. The van der Waals surface area contributed by atoms with Crippen LogP contribution < -0.4 is 5.14 Å². The Balaban J connectivity index is 2.13. The number of nitrogens with zero attached hydrogens (tertiary/aromatic N) is 1. The first kappa shape index (κ1) is 16.0. The number of primary sulfonamides is 1. The van der Waals surface area contributed by atoms with Gasteiger partial charge in [0.15, 0.2) is 5.78 Å². The summed E-state index contributed by atoms with van der Waals surface area (Å²) < 4.78 is 24.8. The molecule has 1 aliphatic carbocycles. The number of carbonyl (C=O) groups is 1. The van der Waals surface area contributed by atoms with Crippen LogP contribution in [0.4, 0.5) is 0 Å². The zero-order valence-corrected chi connectivity index (χ0v) is 14.3. The molecule has 1 aliphatic rings. The third-order valence-corrected chi connectivity index (χ3v) is 5.22. The van der Waals surface area contributed by atoms with Gasteiger partial charge in [0.25, 0.3) is 0 Å². The summed E-state index contributed by atoms with van der Waals surface area (Å²) in [6, 6.07) is 8.34. The van der Waals surface area contributed by atoms with E-state index >= 15 is 0 Å². The highest BCUT2D eigenvalue weighted by Gasteiger charge is 2.34. The molecule has 2 aromatic rings. The van der Waals surface area contributed by atoms with Crippen LogP contribution in [0.5, 0.6) is 0 Å². The molecule has 1 aromatic heterocycles. The molecule has 0 aliphatic heterocycles. The number of hydrogen-bond acceptors (Lipinski definition) is 3.